The molecule has 10 nitrogen and oxygen atoms in total. The first-order valence-corrected chi connectivity index (χ1v) is 11.4. The second-order valence-electron chi connectivity index (χ2n) is 6.74. The maximum atomic E-state index is 8.74. The first kappa shape index (κ1) is 25.9. The van der Waals surface area contributed by atoms with Gasteiger partial charge in [-0.3, -0.25) is 9.11 Å². The van der Waals surface area contributed by atoms with Crippen molar-refractivity contribution in [3.63, 3.8) is 0 Å². The van der Waals surface area contributed by atoms with E-state index >= 15 is 0 Å². The normalized spacial score (nSPS) is 10.5. The number of aromatic nitrogens is 4. The highest BCUT2D eigenvalue weighted by molar-refractivity contribution is 7.79. The van der Waals surface area contributed by atoms with Crippen LogP contribution in [-0.2, 0) is 23.5 Å². The molecule has 0 radical (unpaired) electrons. The minimum absolute atomic E-state index is 0.902. The molecule has 2 aromatic heterocycles. The Labute approximate surface area is 193 Å². The van der Waals surface area contributed by atoms with Crippen molar-refractivity contribution in [1.29, 1.82) is 0 Å². The predicted molar refractivity (Wildman–Crippen MR) is 127 cm³/mol. The number of hydrogen-bond donors (Lipinski definition) is 4. The smallest absolute Gasteiger partial charge is 0.316 e. The van der Waals surface area contributed by atoms with Crippen LogP contribution in [0, 0.1) is 0 Å². The van der Waals surface area contributed by atoms with E-state index in [0.29, 0.717) is 0 Å². The molecule has 2 heterocycles. The van der Waals surface area contributed by atoms with Crippen LogP contribution in [0.25, 0.3) is 11.4 Å². The molecular weight excluding hydrogens is 444 g/mol. The molecule has 0 bridgehead atoms. The maximum Gasteiger partial charge on any atom is 0.394 e. The fourth-order valence-corrected chi connectivity index (χ4v) is 2.78. The highest BCUT2D eigenvalue weighted by Gasteiger charge is 1.96. The van der Waals surface area contributed by atoms with E-state index in [2.05, 4.69) is 69.4 Å². The summed E-state index contributed by atoms with van der Waals surface area (Å²) in [6.45, 7) is 1.80. The van der Waals surface area contributed by atoms with Gasteiger partial charge in [-0.2, -0.15) is 18.6 Å². The van der Waals surface area contributed by atoms with Crippen LogP contribution in [0.4, 0.5) is 0 Å². The van der Waals surface area contributed by atoms with Crippen LogP contribution >= 0.6 is 0 Å². The lowest BCUT2D eigenvalue weighted by Gasteiger charge is -2.03. The molecule has 4 N–H and O–H groups in total. The van der Waals surface area contributed by atoms with Gasteiger partial charge < -0.3 is 10.6 Å². The molecule has 0 unspecified atom stereocenters. The van der Waals surface area contributed by atoms with E-state index in [4.69, 9.17) is 17.5 Å². The number of nitrogens with one attached hydrogen (secondary N) is 2. The summed E-state index contributed by atoms with van der Waals surface area (Å²) in [5, 5.41) is 14.6. The molecule has 0 saturated carbocycles. The number of benzene rings is 2. The second kappa shape index (κ2) is 13.3. The zero-order valence-corrected chi connectivity index (χ0v) is 19.2. The van der Waals surface area contributed by atoms with Gasteiger partial charge in [-0.1, -0.05) is 24.3 Å². The quantitative estimate of drug-likeness (QED) is 0.315. The Morgan fingerprint density at radius 1 is 0.727 bits per heavy atom. The Kier molecular flexibility index (Phi) is 10.4. The lowest BCUT2D eigenvalue weighted by molar-refractivity contribution is 0.381. The van der Waals surface area contributed by atoms with Crippen LogP contribution in [0.5, 0.6) is 0 Å². The van der Waals surface area contributed by atoms with E-state index < -0.39 is 10.4 Å². The van der Waals surface area contributed by atoms with Gasteiger partial charge in [-0.15, -0.1) is 0 Å². The average molecular weight is 473 g/mol. The largest absolute Gasteiger partial charge is 0.394 e. The van der Waals surface area contributed by atoms with Crippen molar-refractivity contribution < 1.29 is 17.5 Å². The molecular formula is C22H28N6O4S. The summed E-state index contributed by atoms with van der Waals surface area (Å²) in [6.07, 6.45) is 7.43. The third kappa shape index (κ3) is 10.2. The monoisotopic (exact) mass is 472 g/mol. The second-order valence-corrected chi connectivity index (χ2v) is 7.64. The SMILES string of the molecule is CNCc1ccc(-n2cccn2)cc1.CNCc1ccc(-n2cccn2)cc1.O=S(=O)(O)O. The Morgan fingerprint density at radius 2 is 1.06 bits per heavy atom. The van der Waals surface area contributed by atoms with Crippen LogP contribution in [0.1, 0.15) is 11.1 Å². The lowest BCUT2D eigenvalue weighted by atomic mass is 10.2. The van der Waals surface area contributed by atoms with Gasteiger partial charge in [0.15, 0.2) is 0 Å². The fourth-order valence-electron chi connectivity index (χ4n) is 2.78. The van der Waals surface area contributed by atoms with E-state index in [0.717, 1.165) is 24.5 Å². The van der Waals surface area contributed by atoms with Crippen molar-refractivity contribution >= 4 is 10.4 Å². The summed E-state index contributed by atoms with van der Waals surface area (Å²) >= 11 is 0. The van der Waals surface area contributed by atoms with Gasteiger partial charge in [-0.05, 0) is 61.6 Å². The molecule has 4 rings (SSSR count). The molecule has 11 heteroatoms. The third-order valence-electron chi connectivity index (χ3n) is 4.17. The minimum Gasteiger partial charge on any atom is -0.316 e. The number of nitrogens with zero attached hydrogens (tertiary/aromatic N) is 4. The molecule has 0 aliphatic rings. The van der Waals surface area contributed by atoms with Gasteiger partial charge in [0, 0.05) is 37.9 Å². The van der Waals surface area contributed by atoms with Crippen LogP contribution in [0.2, 0.25) is 0 Å². The number of hydrogen-bond acceptors (Lipinski definition) is 6. The molecule has 0 spiro atoms. The lowest BCUT2D eigenvalue weighted by Crippen LogP contribution is -2.05. The van der Waals surface area contributed by atoms with Crippen LogP contribution in [0.15, 0.2) is 85.5 Å². The average Bonchev–Trinajstić information content (AvgIpc) is 3.49. The molecule has 2 aromatic carbocycles. The predicted octanol–water partition coefficient (Wildman–Crippen LogP) is 2.53. The zero-order valence-electron chi connectivity index (χ0n) is 18.4. The molecule has 0 aliphatic heterocycles. The van der Waals surface area contributed by atoms with E-state index in [1.807, 2.05) is 48.0 Å². The molecule has 0 amide bonds. The van der Waals surface area contributed by atoms with E-state index in [1.165, 1.54) is 11.1 Å². The minimum atomic E-state index is -4.67. The summed E-state index contributed by atoms with van der Waals surface area (Å²) in [7, 11) is -0.775. The molecule has 4 aromatic rings. The molecule has 0 atom stereocenters. The Morgan fingerprint density at radius 3 is 1.30 bits per heavy atom. The van der Waals surface area contributed by atoms with Crippen LogP contribution in [-0.4, -0.2) is 51.2 Å². The standard InChI is InChI=1S/2C11H13N3.H2O4S/c2*1-12-9-10-3-5-11(6-4-10)14-8-2-7-13-14;1-5(2,3)4/h2*2-8,12H,9H2,1H3;(H2,1,2,3,4). The van der Waals surface area contributed by atoms with Crippen molar-refractivity contribution in [3.05, 3.63) is 96.6 Å². The number of rotatable bonds is 6. The summed E-state index contributed by atoms with van der Waals surface area (Å²) in [6, 6.07) is 20.5. The van der Waals surface area contributed by atoms with Gasteiger partial charge in [0.25, 0.3) is 0 Å². The summed E-state index contributed by atoms with van der Waals surface area (Å²) in [5.74, 6) is 0. The highest BCUT2D eigenvalue weighted by atomic mass is 32.3. The van der Waals surface area contributed by atoms with Gasteiger partial charge in [0.05, 0.1) is 11.4 Å². The van der Waals surface area contributed by atoms with Gasteiger partial charge in [0.2, 0.25) is 0 Å². The third-order valence-corrected chi connectivity index (χ3v) is 4.17. The zero-order chi connectivity index (χ0) is 24.1. The van der Waals surface area contributed by atoms with Gasteiger partial charge in [0.1, 0.15) is 0 Å². The molecule has 0 saturated heterocycles. The first-order chi connectivity index (χ1) is 15.8. The summed E-state index contributed by atoms with van der Waals surface area (Å²) in [4.78, 5) is 0. The van der Waals surface area contributed by atoms with Crippen molar-refractivity contribution in [2.45, 2.75) is 13.1 Å². The van der Waals surface area contributed by atoms with Crippen LogP contribution in [0.3, 0.4) is 0 Å². The molecule has 176 valence electrons. The molecule has 0 fully saturated rings. The van der Waals surface area contributed by atoms with Crippen LogP contribution < -0.4 is 10.6 Å². The first-order valence-electron chi connectivity index (χ1n) is 9.97. The van der Waals surface area contributed by atoms with Crippen molar-refractivity contribution in [3.8, 4) is 11.4 Å². The van der Waals surface area contributed by atoms with Gasteiger partial charge >= 0.3 is 10.4 Å². The molecule has 33 heavy (non-hydrogen) atoms. The van der Waals surface area contributed by atoms with E-state index in [1.54, 1.807) is 12.4 Å². The highest BCUT2D eigenvalue weighted by Crippen LogP contribution is 2.09. The maximum absolute atomic E-state index is 8.74. The Hall–Kier alpha value is -3.35. The van der Waals surface area contributed by atoms with E-state index in [9.17, 15) is 0 Å². The topological polar surface area (TPSA) is 134 Å². The van der Waals surface area contributed by atoms with E-state index in [-0.39, 0.29) is 0 Å². The summed E-state index contributed by atoms with van der Waals surface area (Å²) in [5.41, 5.74) is 4.75. The van der Waals surface area contributed by atoms with Crippen molar-refractivity contribution in [2.24, 2.45) is 0 Å². The van der Waals surface area contributed by atoms with Crippen molar-refractivity contribution in [1.82, 2.24) is 30.2 Å². The molecule has 0 aliphatic carbocycles. The van der Waals surface area contributed by atoms with Gasteiger partial charge in [-0.25, -0.2) is 9.36 Å². The summed E-state index contributed by atoms with van der Waals surface area (Å²) < 4.78 is 35.3. The van der Waals surface area contributed by atoms with Crippen molar-refractivity contribution in [2.75, 3.05) is 14.1 Å². The Bertz CT molecular complexity index is 1060. The fraction of sp³-hybridized carbons (Fsp3) is 0.182. The Balaban J connectivity index is 0.000000195.